The molecule has 1 unspecified atom stereocenters. The summed E-state index contributed by atoms with van der Waals surface area (Å²) in [6.45, 7) is 8.22. The quantitative estimate of drug-likeness (QED) is 0.684. The molecular formula is C20H29ClN2O2. The molecule has 1 heterocycles. The third-order valence-corrected chi connectivity index (χ3v) is 5.22. The van der Waals surface area contributed by atoms with Gasteiger partial charge in [0.15, 0.2) is 0 Å². The standard InChI is InChI=1S/C20H29ClN2O2/c1-4-6-10-22(11-7-5-2)20(25)16-12-19(24)23(14-16)17-9-8-15(3)18(21)13-17/h8-9,13,16H,4-7,10-12,14H2,1-3H3. The maximum absolute atomic E-state index is 12.9. The van der Waals surface area contributed by atoms with Gasteiger partial charge in [-0.2, -0.15) is 0 Å². The van der Waals surface area contributed by atoms with Crippen molar-refractivity contribution in [1.82, 2.24) is 4.90 Å². The second kappa shape index (κ2) is 9.23. The molecule has 0 aliphatic carbocycles. The second-order valence-electron chi connectivity index (χ2n) is 6.87. The lowest BCUT2D eigenvalue weighted by atomic mass is 10.1. The molecule has 1 aliphatic rings. The molecule has 1 fully saturated rings. The molecule has 25 heavy (non-hydrogen) atoms. The van der Waals surface area contributed by atoms with Crippen molar-refractivity contribution in [3.8, 4) is 0 Å². The van der Waals surface area contributed by atoms with E-state index >= 15 is 0 Å². The largest absolute Gasteiger partial charge is 0.342 e. The van der Waals surface area contributed by atoms with Gasteiger partial charge in [0, 0.05) is 36.8 Å². The molecule has 0 aromatic heterocycles. The van der Waals surface area contributed by atoms with Crippen molar-refractivity contribution in [2.24, 2.45) is 5.92 Å². The maximum Gasteiger partial charge on any atom is 0.228 e. The summed E-state index contributed by atoms with van der Waals surface area (Å²) in [6, 6.07) is 5.63. The lowest BCUT2D eigenvalue weighted by molar-refractivity contribution is -0.136. The number of benzene rings is 1. The Bertz CT molecular complexity index is 610. The van der Waals surface area contributed by atoms with Crippen molar-refractivity contribution in [1.29, 1.82) is 0 Å². The highest BCUT2D eigenvalue weighted by atomic mass is 35.5. The van der Waals surface area contributed by atoms with Crippen LogP contribution in [0.2, 0.25) is 5.02 Å². The highest BCUT2D eigenvalue weighted by Gasteiger charge is 2.37. The van der Waals surface area contributed by atoms with Crippen molar-refractivity contribution < 1.29 is 9.59 Å². The summed E-state index contributed by atoms with van der Waals surface area (Å²) in [7, 11) is 0. The third-order valence-electron chi connectivity index (χ3n) is 4.82. The highest BCUT2D eigenvalue weighted by Crippen LogP contribution is 2.29. The van der Waals surface area contributed by atoms with Crippen LogP contribution in [-0.2, 0) is 9.59 Å². The first kappa shape index (κ1) is 19.8. The topological polar surface area (TPSA) is 40.6 Å². The minimum absolute atomic E-state index is 0.00389. The van der Waals surface area contributed by atoms with Gasteiger partial charge in [-0.1, -0.05) is 44.4 Å². The lowest BCUT2D eigenvalue weighted by Gasteiger charge is -2.25. The summed E-state index contributed by atoms with van der Waals surface area (Å²) in [5, 5.41) is 0.646. The number of carbonyl (C=O) groups is 2. The first-order valence-corrected chi connectivity index (χ1v) is 9.71. The number of halogens is 1. The first-order chi connectivity index (χ1) is 12.0. The average molecular weight is 365 g/mol. The number of unbranched alkanes of at least 4 members (excludes halogenated alkanes) is 2. The van der Waals surface area contributed by atoms with Gasteiger partial charge in [0.25, 0.3) is 0 Å². The molecule has 1 aromatic rings. The molecule has 1 atom stereocenters. The van der Waals surface area contributed by atoms with E-state index in [9.17, 15) is 9.59 Å². The van der Waals surface area contributed by atoms with Crippen molar-refractivity contribution in [3.63, 3.8) is 0 Å². The van der Waals surface area contributed by atoms with E-state index in [1.54, 1.807) is 4.90 Å². The number of nitrogens with zero attached hydrogens (tertiary/aromatic N) is 2. The predicted molar refractivity (Wildman–Crippen MR) is 103 cm³/mol. The van der Waals surface area contributed by atoms with E-state index in [0.29, 0.717) is 18.0 Å². The van der Waals surface area contributed by atoms with Crippen LogP contribution in [-0.4, -0.2) is 36.3 Å². The monoisotopic (exact) mass is 364 g/mol. The minimum Gasteiger partial charge on any atom is -0.342 e. The lowest BCUT2D eigenvalue weighted by Crippen LogP contribution is -2.38. The molecule has 1 aromatic carbocycles. The van der Waals surface area contributed by atoms with E-state index in [2.05, 4.69) is 13.8 Å². The smallest absolute Gasteiger partial charge is 0.228 e. The average Bonchev–Trinajstić information content (AvgIpc) is 2.99. The fourth-order valence-electron chi connectivity index (χ4n) is 3.16. The number of hydrogen-bond donors (Lipinski definition) is 0. The molecule has 0 spiro atoms. The Labute approximate surface area is 156 Å². The fourth-order valence-corrected chi connectivity index (χ4v) is 3.34. The van der Waals surface area contributed by atoms with Crippen LogP contribution in [0.15, 0.2) is 18.2 Å². The van der Waals surface area contributed by atoms with Crippen molar-refractivity contribution >= 4 is 29.1 Å². The molecule has 2 amide bonds. The number of aryl methyl sites for hydroxylation is 1. The van der Waals surface area contributed by atoms with Gasteiger partial charge in [0.2, 0.25) is 11.8 Å². The molecule has 1 saturated heterocycles. The van der Waals surface area contributed by atoms with Crippen LogP contribution in [0.3, 0.4) is 0 Å². The predicted octanol–water partition coefficient (Wildman–Crippen LogP) is 4.43. The van der Waals surface area contributed by atoms with Crippen molar-refractivity contribution in [2.75, 3.05) is 24.5 Å². The van der Waals surface area contributed by atoms with Crippen LogP contribution in [0.5, 0.6) is 0 Å². The van der Waals surface area contributed by atoms with Crippen molar-refractivity contribution in [3.05, 3.63) is 28.8 Å². The van der Waals surface area contributed by atoms with E-state index in [1.807, 2.05) is 30.0 Å². The summed E-state index contributed by atoms with van der Waals surface area (Å²) >= 11 is 6.19. The Morgan fingerprint density at radius 2 is 1.88 bits per heavy atom. The molecule has 4 nitrogen and oxygen atoms in total. The van der Waals surface area contributed by atoms with Crippen LogP contribution in [0.4, 0.5) is 5.69 Å². The Balaban J connectivity index is 2.08. The van der Waals surface area contributed by atoms with Gasteiger partial charge in [-0.15, -0.1) is 0 Å². The number of rotatable bonds is 8. The molecule has 0 radical (unpaired) electrons. The zero-order chi connectivity index (χ0) is 18.4. The van der Waals surface area contributed by atoms with Gasteiger partial charge in [-0.05, 0) is 37.5 Å². The Morgan fingerprint density at radius 1 is 1.24 bits per heavy atom. The van der Waals surface area contributed by atoms with Crippen LogP contribution in [0.1, 0.15) is 51.5 Å². The number of carbonyl (C=O) groups excluding carboxylic acids is 2. The molecule has 0 saturated carbocycles. The van der Waals surface area contributed by atoms with Gasteiger partial charge >= 0.3 is 0 Å². The van der Waals surface area contributed by atoms with Crippen molar-refractivity contribution in [2.45, 2.75) is 52.9 Å². The third kappa shape index (κ3) is 4.97. The normalized spacial score (nSPS) is 17.2. The maximum atomic E-state index is 12.9. The van der Waals surface area contributed by atoms with E-state index in [1.165, 1.54) is 0 Å². The van der Waals surface area contributed by atoms with E-state index in [-0.39, 0.29) is 17.7 Å². The molecule has 1 aliphatic heterocycles. The summed E-state index contributed by atoms with van der Waals surface area (Å²) in [6.07, 6.45) is 4.43. The zero-order valence-electron chi connectivity index (χ0n) is 15.6. The first-order valence-electron chi connectivity index (χ1n) is 9.33. The highest BCUT2D eigenvalue weighted by molar-refractivity contribution is 6.31. The Hall–Kier alpha value is -1.55. The van der Waals surface area contributed by atoms with Gasteiger partial charge in [-0.25, -0.2) is 0 Å². The van der Waals surface area contributed by atoms with Gasteiger partial charge in [0.05, 0.1) is 5.92 Å². The van der Waals surface area contributed by atoms with Gasteiger partial charge < -0.3 is 9.80 Å². The van der Waals surface area contributed by atoms with Gasteiger partial charge in [0.1, 0.15) is 0 Å². The molecule has 0 bridgehead atoms. The second-order valence-corrected chi connectivity index (χ2v) is 7.28. The fraction of sp³-hybridized carbons (Fsp3) is 0.600. The molecule has 2 rings (SSSR count). The molecule has 0 N–H and O–H groups in total. The van der Waals surface area contributed by atoms with Crippen LogP contribution < -0.4 is 4.90 Å². The zero-order valence-corrected chi connectivity index (χ0v) is 16.3. The van der Waals surface area contributed by atoms with Crippen LogP contribution in [0, 0.1) is 12.8 Å². The SMILES string of the molecule is CCCCN(CCCC)C(=O)C1CC(=O)N(c2ccc(C)c(Cl)c2)C1. The van der Waals surface area contributed by atoms with E-state index in [4.69, 9.17) is 11.6 Å². The molecule has 5 heteroatoms. The molecule has 138 valence electrons. The minimum atomic E-state index is -0.249. The van der Waals surface area contributed by atoms with Crippen LogP contribution >= 0.6 is 11.6 Å². The summed E-state index contributed by atoms with van der Waals surface area (Å²) in [5.74, 6) is -0.124. The summed E-state index contributed by atoms with van der Waals surface area (Å²) in [5.41, 5.74) is 1.76. The van der Waals surface area contributed by atoms with Gasteiger partial charge in [-0.3, -0.25) is 9.59 Å². The molecular weight excluding hydrogens is 336 g/mol. The summed E-state index contributed by atoms with van der Waals surface area (Å²) < 4.78 is 0. The number of amides is 2. The summed E-state index contributed by atoms with van der Waals surface area (Å²) in [4.78, 5) is 29.0. The van der Waals surface area contributed by atoms with Crippen LogP contribution in [0.25, 0.3) is 0 Å². The number of hydrogen-bond acceptors (Lipinski definition) is 2. The number of anilines is 1. The van der Waals surface area contributed by atoms with E-state index in [0.717, 1.165) is 50.0 Å². The Morgan fingerprint density at radius 3 is 2.44 bits per heavy atom. The Kier molecular flexibility index (Phi) is 7.30. The van der Waals surface area contributed by atoms with E-state index < -0.39 is 0 Å².